The summed E-state index contributed by atoms with van der Waals surface area (Å²) in [6, 6.07) is 43.4. The molecule has 0 aromatic heterocycles. The summed E-state index contributed by atoms with van der Waals surface area (Å²) in [6.45, 7) is 1.23. The molecule has 2 amide bonds. The summed E-state index contributed by atoms with van der Waals surface area (Å²) >= 11 is 0. The van der Waals surface area contributed by atoms with Crippen molar-refractivity contribution in [3.63, 3.8) is 0 Å². The van der Waals surface area contributed by atoms with Gasteiger partial charge in [0.2, 0.25) is 0 Å². The fraction of sp³-hybridized carbons (Fsp3) is 0.0968. The van der Waals surface area contributed by atoms with Crippen LogP contribution in [0.5, 0.6) is 0 Å². The molecule has 4 nitrogen and oxygen atoms in total. The molecule has 5 rings (SSSR count). The summed E-state index contributed by atoms with van der Waals surface area (Å²) in [7, 11) is -3.74. The zero-order valence-electron chi connectivity index (χ0n) is 20.7. The molecule has 6 heteroatoms. The lowest BCUT2D eigenvalue weighted by Gasteiger charge is -2.38. The van der Waals surface area contributed by atoms with E-state index in [4.69, 9.17) is 0 Å². The Morgan fingerprint density at radius 2 is 0.838 bits per heavy atom. The average Bonchev–Trinajstić information content (AvgIpc) is 3.28. The van der Waals surface area contributed by atoms with Gasteiger partial charge in [-0.15, -0.1) is 0 Å². The van der Waals surface area contributed by atoms with Crippen molar-refractivity contribution in [1.82, 2.24) is 9.13 Å². The van der Waals surface area contributed by atoms with Crippen molar-refractivity contribution in [2.24, 2.45) is 0 Å². The van der Waals surface area contributed by atoms with Crippen molar-refractivity contribution in [2.45, 2.75) is 6.42 Å². The van der Waals surface area contributed by atoms with Gasteiger partial charge >= 0.3 is 0 Å². The quantitative estimate of drug-likeness (QED) is 0.237. The second kappa shape index (κ2) is 11.9. The fourth-order valence-corrected chi connectivity index (χ4v) is 14.0. The smallest absolute Gasteiger partial charge is 0.253 e. The van der Waals surface area contributed by atoms with Gasteiger partial charge in [0.25, 0.3) is 11.8 Å². The molecule has 0 radical (unpaired) electrons. The first kappa shape index (κ1) is 24.8. The van der Waals surface area contributed by atoms with E-state index < -0.39 is 17.9 Å². The van der Waals surface area contributed by atoms with E-state index in [1.807, 2.05) is 0 Å². The maximum atomic E-state index is 12.2. The Morgan fingerprint density at radius 1 is 0.514 bits per heavy atom. The molecule has 1 aliphatic heterocycles. The van der Waals surface area contributed by atoms with Crippen molar-refractivity contribution < 1.29 is 9.59 Å². The molecule has 0 N–H and O–H groups in total. The van der Waals surface area contributed by atoms with Crippen LogP contribution in [-0.4, -0.2) is 52.0 Å². The van der Waals surface area contributed by atoms with Gasteiger partial charge in [-0.1, -0.05) is 121 Å². The summed E-state index contributed by atoms with van der Waals surface area (Å²) in [5.41, 5.74) is 0. The van der Waals surface area contributed by atoms with Crippen molar-refractivity contribution in [2.75, 3.05) is 13.1 Å². The topological polar surface area (TPSA) is 40.6 Å². The van der Waals surface area contributed by atoms with Crippen LogP contribution in [0.2, 0.25) is 0 Å². The molecule has 1 heterocycles. The minimum absolute atomic E-state index is 0.212. The van der Waals surface area contributed by atoms with Gasteiger partial charge < -0.3 is 4.23 Å². The van der Waals surface area contributed by atoms with E-state index in [-0.39, 0.29) is 11.8 Å². The largest absolute Gasteiger partial charge is 0.336 e. The maximum absolute atomic E-state index is 12.2. The summed E-state index contributed by atoms with van der Waals surface area (Å²) in [5.74, 6) is -0.423. The van der Waals surface area contributed by atoms with Crippen LogP contribution in [0.15, 0.2) is 133 Å². The summed E-state index contributed by atoms with van der Waals surface area (Å²) in [5, 5.41) is 5.47. The van der Waals surface area contributed by atoms with Crippen molar-refractivity contribution >= 4 is 50.5 Å². The number of carbonyl (C=O) groups is 2. The number of carbonyl (C=O) groups excluding carboxylic acids is 2. The molecule has 0 fully saturated rings. The van der Waals surface area contributed by atoms with Gasteiger partial charge in [-0.2, -0.15) is 0 Å². The molecule has 0 saturated heterocycles. The molecule has 0 spiro atoms. The van der Waals surface area contributed by atoms with Crippen LogP contribution in [0.3, 0.4) is 0 Å². The van der Waals surface area contributed by atoms with Crippen molar-refractivity contribution in [1.29, 1.82) is 0 Å². The Bertz CT molecular complexity index is 1170. The fourth-order valence-electron chi connectivity index (χ4n) is 5.16. The lowest BCUT2D eigenvalue weighted by molar-refractivity contribution is -0.136. The molecule has 4 aromatic carbocycles. The maximum Gasteiger partial charge on any atom is 0.253 e. The Morgan fingerprint density at radius 3 is 1.16 bits per heavy atom. The lowest BCUT2D eigenvalue weighted by atomic mass is 10.4. The van der Waals surface area contributed by atoms with Gasteiger partial charge in [-0.3, -0.25) is 14.5 Å². The minimum atomic E-state index is -1.87. The zero-order valence-corrected chi connectivity index (χ0v) is 23.0. The molecule has 0 aliphatic carbocycles. The SMILES string of the molecule is O=C1C=CC(=O)N1CCCN([SiH](c1ccccc1)c1ccccc1)[SiH](c1ccccc1)c1ccccc1. The normalized spacial score (nSPS) is 13.3. The Balaban J connectivity index is 1.59. The van der Waals surface area contributed by atoms with E-state index >= 15 is 0 Å². The van der Waals surface area contributed by atoms with Gasteiger partial charge in [-0.05, 0) is 33.7 Å². The standard InChI is InChI=1S/C31H30N2O2Si2/c34-30-22-23-31(35)32(30)24-13-25-33(36(26-14-5-1-6-15-26)27-16-7-2-8-17-27)37(28-18-9-3-10-19-28)29-20-11-4-12-21-29/h1-12,14-23,36-37H,13,24-25H2. The number of amides is 2. The highest BCUT2D eigenvalue weighted by molar-refractivity contribution is 6.96. The molecule has 1 aliphatic rings. The Kier molecular flexibility index (Phi) is 8.00. The molecule has 0 bridgehead atoms. The first-order valence-corrected chi connectivity index (χ1v) is 16.1. The van der Waals surface area contributed by atoms with E-state index in [2.05, 4.69) is 126 Å². The van der Waals surface area contributed by atoms with Gasteiger partial charge in [-0.25, -0.2) is 0 Å². The van der Waals surface area contributed by atoms with Crippen LogP contribution in [0.4, 0.5) is 0 Å². The van der Waals surface area contributed by atoms with E-state index in [1.54, 1.807) is 0 Å². The second-order valence-corrected chi connectivity index (χ2v) is 15.4. The van der Waals surface area contributed by atoms with Crippen LogP contribution in [0.1, 0.15) is 6.42 Å². The van der Waals surface area contributed by atoms with Crippen LogP contribution in [0, 0.1) is 0 Å². The predicted octanol–water partition coefficient (Wildman–Crippen LogP) is 1.68. The summed E-state index contributed by atoms with van der Waals surface area (Å²) in [6.07, 6.45) is 3.47. The third-order valence-electron chi connectivity index (χ3n) is 6.82. The third-order valence-corrected chi connectivity index (χ3v) is 14.5. The van der Waals surface area contributed by atoms with Crippen LogP contribution in [-0.2, 0) is 9.59 Å². The zero-order chi connectivity index (χ0) is 25.5. The van der Waals surface area contributed by atoms with Crippen LogP contribution < -0.4 is 20.7 Å². The molecule has 0 saturated carbocycles. The first-order valence-electron chi connectivity index (χ1n) is 12.7. The molecule has 4 aromatic rings. The third kappa shape index (κ3) is 5.77. The minimum Gasteiger partial charge on any atom is -0.336 e. The number of hydrogen-bond acceptors (Lipinski definition) is 3. The molecule has 0 atom stereocenters. The highest BCUT2D eigenvalue weighted by atomic mass is 28.4. The average molecular weight is 519 g/mol. The number of imide groups is 1. The highest BCUT2D eigenvalue weighted by Crippen LogP contribution is 2.10. The number of rotatable bonds is 10. The molecule has 0 unspecified atom stereocenters. The highest BCUT2D eigenvalue weighted by Gasteiger charge is 2.34. The number of nitrogens with zero attached hydrogens (tertiary/aromatic N) is 2. The summed E-state index contributed by atoms with van der Waals surface area (Å²) in [4.78, 5) is 25.8. The Hall–Kier alpha value is -3.85. The van der Waals surface area contributed by atoms with Crippen molar-refractivity contribution in [3.8, 4) is 0 Å². The number of benzene rings is 4. The monoisotopic (exact) mass is 518 g/mol. The Labute approximate surface area is 221 Å². The van der Waals surface area contributed by atoms with Gasteiger partial charge in [0, 0.05) is 18.7 Å². The second-order valence-electron chi connectivity index (χ2n) is 9.20. The number of hydrogen-bond donors (Lipinski definition) is 0. The molecule has 37 heavy (non-hydrogen) atoms. The first-order chi connectivity index (χ1) is 18.2. The van der Waals surface area contributed by atoms with Crippen LogP contribution in [0.25, 0.3) is 0 Å². The van der Waals surface area contributed by atoms with E-state index in [0.29, 0.717) is 6.54 Å². The van der Waals surface area contributed by atoms with Gasteiger partial charge in [0.1, 0.15) is 0 Å². The predicted molar refractivity (Wildman–Crippen MR) is 156 cm³/mol. The van der Waals surface area contributed by atoms with Gasteiger partial charge in [0.05, 0.1) is 0 Å². The molecular weight excluding hydrogens is 489 g/mol. The van der Waals surface area contributed by atoms with Crippen molar-refractivity contribution in [3.05, 3.63) is 133 Å². The van der Waals surface area contributed by atoms with E-state index in [0.717, 1.165) is 13.0 Å². The van der Waals surface area contributed by atoms with Gasteiger partial charge in [0.15, 0.2) is 17.9 Å². The van der Waals surface area contributed by atoms with E-state index in [9.17, 15) is 9.59 Å². The summed E-state index contributed by atoms with van der Waals surface area (Å²) < 4.78 is 2.79. The molecule has 184 valence electrons. The van der Waals surface area contributed by atoms with E-state index in [1.165, 1.54) is 37.8 Å². The molecular formula is C31H30N2O2Si2. The lowest BCUT2D eigenvalue weighted by Crippen LogP contribution is -2.68. The van der Waals surface area contributed by atoms with Crippen LogP contribution >= 0.6 is 0 Å².